The van der Waals surface area contributed by atoms with E-state index in [0.717, 1.165) is 0 Å². The van der Waals surface area contributed by atoms with Gasteiger partial charge in [-0.1, -0.05) is 18.2 Å². The van der Waals surface area contributed by atoms with Gasteiger partial charge in [-0.05, 0) is 26.0 Å². The zero-order valence-electron chi connectivity index (χ0n) is 13.3. The summed E-state index contributed by atoms with van der Waals surface area (Å²) in [5, 5.41) is 6.75. The number of nitrogens with zero attached hydrogens (tertiary/aromatic N) is 2. The van der Waals surface area contributed by atoms with Crippen LogP contribution in [0.5, 0.6) is 5.75 Å². The van der Waals surface area contributed by atoms with Gasteiger partial charge >= 0.3 is 6.18 Å². The van der Waals surface area contributed by atoms with Crippen molar-refractivity contribution in [3.8, 4) is 5.75 Å². The molecule has 130 valence electrons. The minimum atomic E-state index is -4.42. The Kier molecular flexibility index (Phi) is 5.48. The molecule has 0 bridgehead atoms. The molecule has 0 radical (unpaired) electrons. The molecule has 1 heterocycles. The number of carbonyl (C=O) groups is 1. The normalized spacial score (nSPS) is 11.6. The molecule has 0 saturated carbocycles. The van der Waals surface area contributed by atoms with Gasteiger partial charge < -0.3 is 10.1 Å². The van der Waals surface area contributed by atoms with E-state index >= 15 is 0 Å². The Morgan fingerprint density at radius 3 is 2.67 bits per heavy atom. The lowest BCUT2D eigenvalue weighted by Crippen LogP contribution is -2.27. The van der Waals surface area contributed by atoms with E-state index in [2.05, 4.69) is 10.4 Å². The SMILES string of the molecule is CC(C)n1nccc1C(=O)NCc1ccccc1OCC(F)(F)F. The standard InChI is InChI=1S/C16H18F3N3O2/c1-11(2)22-13(7-8-21-22)15(23)20-9-12-5-3-4-6-14(12)24-10-16(17,18)19/h3-8,11H,9-10H2,1-2H3,(H,20,23). The van der Waals surface area contributed by atoms with Crippen molar-refractivity contribution in [1.82, 2.24) is 15.1 Å². The number of hydrogen-bond donors (Lipinski definition) is 1. The van der Waals surface area contributed by atoms with Crippen molar-refractivity contribution in [2.24, 2.45) is 0 Å². The average Bonchev–Trinajstić information content (AvgIpc) is 3.00. The molecule has 8 heteroatoms. The van der Waals surface area contributed by atoms with Crippen molar-refractivity contribution in [3.05, 3.63) is 47.8 Å². The number of halogens is 3. The molecule has 0 atom stereocenters. The Morgan fingerprint density at radius 2 is 2.00 bits per heavy atom. The summed E-state index contributed by atoms with van der Waals surface area (Å²) < 4.78 is 43.2. The van der Waals surface area contributed by atoms with Crippen molar-refractivity contribution in [2.75, 3.05) is 6.61 Å². The number of carbonyl (C=O) groups excluding carboxylic acids is 1. The van der Waals surface area contributed by atoms with Crippen molar-refractivity contribution in [2.45, 2.75) is 32.6 Å². The molecule has 0 aliphatic rings. The van der Waals surface area contributed by atoms with Crippen LogP contribution in [0, 0.1) is 0 Å². The van der Waals surface area contributed by atoms with Gasteiger partial charge in [0.1, 0.15) is 11.4 Å². The fourth-order valence-corrected chi connectivity index (χ4v) is 2.12. The summed E-state index contributed by atoms with van der Waals surface area (Å²) in [5.74, 6) is -0.265. The molecule has 1 aromatic heterocycles. The Labute approximate surface area is 137 Å². The molecular formula is C16H18F3N3O2. The van der Waals surface area contributed by atoms with E-state index in [1.54, 1.807) is 28.9 Å². The molecule has 2 rings (SSSR count). The highest BCUT2D eigenvalue weighted by molar-refractivity contribution is 5.92. The summed E-state index contributed by atoms with van der Waals surface area (Å²) in [6, 6.07) is 7.88. The second-order valence-electron chi connectivity index (χ2n) is 5.45. The first kappa shape index (κ1) is 17.8. The first-order chi connectivity index (χ1) is 11.3. The summed E-state index contributed by atoms with van der Waals surface area (Å²) in [5.41, 5.74) is 0.851. The maximum Gasteiger partial charge on any atom is 0.422 e. The van der Waals surface area contributed by atoms with Gasteiger partial charge in [0.05, 0.1) is 0 Å². The number of rotatable bonds is 6. The summed E-state index contributed by atoms with van der Waals surface area (Å²) >= 11 is 0. The van der Waals surface area contributed by atoms with Crippen LogP contribution in [0.4, 0.5) is 13.2 Å². The molecule has 0 aliphatic carbocycles. The lowest BCUT2D eigenvalue weighted by Gasteiger charge is -2.14. The topological polar surface area (TPSA) is 56.2 Å². The third-order valence-corrected chi connectivity index (χ3v) is 3.20. The third kappa shape index (κ3) is 4.74. The molecule has 1 N–H and O–H groups in total. The zero-order chi connectivity index (χ0) is 17.7. The van der Waals surface area contributed by atoms with Gasteiger partial charge in [0.15, 0.2) is 6.61 Å². The predicted octanol–water partition coefficient (Wildman–Crippen LogP) is 3.34. The monoisotopic (exact) mass is 341 g/mol. The fourth-order valence-electron chi connectivity index (χ4n) is 2.12. The minimum absolute atomic E-state index is 0.0168. The number of hydrogen-bond acceptors (Lipinski definition) is 3. The number of benzene rings is 1. The van der Waals surface area contributed by atoms with E-state index in [0.29, 0.717) is 11.3 Å². The van der Waals surface area contributed by atoms with Gasteiger partial charge in [-0.25, -0.2) is 0 Å². The molecule has 24 heavy (non-hydrogen) atoms. The Hall–Kier alpha value is -2.51. The van der Waals surface area contributed by atoms with E-state index in [9.17, 15) is 18.0 Å². The molecule has 0 saturated heterocycles. The van der Waals surface area contributed by atoms with Gasteiger partial charge in [0.25, 0.3) is 5.91 Å². The van der Waals surface area contributed by atoms with E-state index in [4.69, 9.17) is 4.74 Å². The first-order valence-corrected chi connectivity index (χ1v) is 7.37. The number of aromatic nitrogens is 2. The maximum atomic E-state index is 12.3. The lowest BCUT2D eigenvalue weighted by atomic mass is 10.2. The van der Waals surface area contributed by atoms with Crippen molar-refractivity contribution < 1.29 is 22.7 Å². The average molecular weight is 341 g/mol. The molecule has 0 aliphatic heterocycles. The van der Waals surface area contributed by atoms with Crippen LogP contribution < -0.4 is 10.1 Å². The van der Waals surface area contributed by atoms with Gasteiger partial charge in [-0.3, -0.25) is 9.48 Å². The zero-order valence-corrected chi connectivity index (χ0v) is 13.3. The van der Waals surface area contributed by atoms with Crippen LogP contribution in [0.25, 0.3) is 0 Å². The molecule has 1 aromatic carbocycles. The van der Waals surface area contributed by atoms with Crippen molar-refractivity contribution >= 4 is 5.91 Å². The van der Waals surface area contributed by atoms with Crippen LogP contribution in [-0.2, 0) is 6.54 Å². The third-order valence-electron chi connectivity index (χ3n) is 3.20. The molecular weight excluding hydrogens is 323 g/mol. The number of ether oxygens (including phenoxy) is 1. The van der Waals surface area contributed by atoms with Crippen LogP contribution in [-0.4, -0.2) is 28.5 Å². The highest BCUT2D eigenvalue weighted by Crippen LogP contribution is 2.22. The van der Waals surface area contributed by atoms with E-state index in [-0.39, 0.29) is 24.2 Å². The Morgan fingerprint density at radius 1 is 1.29 bits per heavy atom. The largest absolute Gasteiger partial charge is 0.484 e. The molecule has 5 nitrogen and oxygen atoms in total. The maximum absolute atomic E-state index is 12.3. The van der Waals surface area contributed by atoms with E-state index in [1.165, 1.54) is 12.3 Å². The highest BCUT2D eigenvalue weighted by Gasteiger charge is 2.28. The van der Waals surface area contributed by atoms with Crippen LogP contribution in [0.2, 0.25) is 0 Å². The van der Waals surface area contributed by atoms with Crippen LogP contribution in [0.3, 0.4) is 0 Å². The second kappa shape index (κ2) is 7.37. The summed E-state index contributed by atoms with van der Waals surface area (Å²) in [6.45, 7) is 2.46. The van der Waals surface area contributed by atoms with Gasteiger partial charge in [0, 0.05) is 24.3 Å². The minimum Gasteiger partial charge on any atom is -0.484 e. The lowest BCUT2D eigenvalue weighted by molar-refractivity contribution is -0.153. The predicted molar refractivity (Wildman–Crippen MR) is 81.8 cm³/mol. The van der Waals surface area contributed by atoms with Gasteiger partial charge in [0.2, 0.25) is 0 Å². The van der Waals surface area contributed by atoms with Crippen molar-refractivity contribution in [3.63, 3.8) is 0 Å². The highest BCUT2D eigenvalue weighted by atomic mass is 19.4. The molecule has 0 fully saturated rings. The van der Waals surface area contributed by atoms with Crippen LogP contribution in [0.15, 0.2) is 36.5 Å². The summed E-state index contributed by atoms with van der Waals surface area (Å²) in [6.07, 6.45) is -2.89. The Bertz CT molecular complexity index is 696. The first-order valence-electron chi connectivity index (χ1n) is 7.37. The van der Waals surface area contributed by atoms with E-state index < -0.39 is 12.8 Å². The van der Waals surface area contributed by atoms with Gasteiger partial charge in [-0.2, -0.15) is 18.3 Å². The number of para-hydroxylation sites is 1. The number of nitrogens with one attached hydrogen (secondary N) is 1. The summed E-state index contributed by atoms with van der Waals surface area (Å²) in [4.78, 5) is 12.2. The quantitative estimate of drug-likeness (QED) is 0.877. The molecule has 1 amide bonds. The van der Waals surface area contributed by atoms with Gasteiger partial charge in [-0.15, -0.1) is 0 Å². The number of alkyl halides is 3. The molecule has 2 aromatic rings. The smallest absolute Gasteiger partial charge is 0.422 e. The number of amides is 1. The summed E-state index contributed by atoms with van der Waals surface area (Å²) in [7, 11) is 0. The second-order valence-corrected chi connectivity index (χ2v) is 5.45. The van der Waals surface area contributed by atoms with Crippen LogP contribution >= 0.6 is 0 Å². The molecule has 0 spiro atoms. The Balaban J connectivity index is 2.04. The fraction of sp³-hybridized carbons (Fsp3) is 0.375. The van der Waals surface area contributed by atoms with E-state index in [1.807, 2.05) is 13.8 Å². The van der Waals surface area contributed by atoms with Crippen LogP contribution in [0.1, 0.15) is 35.9 Å². The molecule has 0 unspecified atom stereocenters. The van der Waals surface area contributed by atoms with Crippen molar-refractivity contribution in [1.29, 1.82) is 0 Å².